The Morgan fingerprint density at radius 1 is 0.964 bits per heavy atom. The van der Waals surface area contributed by atoms with Crippen LogP contribution in [0.15, 0.2) is 54.6 Å². The standard InChI is InChI=1S/C20H22N2O6/c1-14(19(24)22-20(25)21-12-15-6-4-3-5-7-15)28-18(23)13-27-17-10-8-16(26-2)9-11-17/h3-11,14H,12-13H2,1-2H3,(H2,21,22,24,25). The van der Waals surface area contributed by atoms with Gasteiger partial charge in [0.05, 0.1) is 7.11 Å². The molecule has 0 saturated heterocycles. The minimum atomic E-state index is -1.14. The third kappa shape index (κ3) is 6.99. The first-order valence-electron chi connectivity index (χ1n) is 8.57. The van der Waals surface area contributed by atoms with Gasteiger partial charge in [-0.1, -0.05) is 30.3 Å². The summed E-state index contributed by atoms with van der Waals surface area (Å²) in [4.78, 5) is 35.5. The van der Waals surface area contributed by atoms with Crippen LogP contribution in [0.2, 0.25) is 0 Å². The second-order valence-electron chi connectivity index (χ2n) is 5.75. The van der Waals surface area contributed by atoms with E-state index in [1.807, 2.05) is 30.3 Å². The predicted molar refractivity (Wildman–Crippen MR) is 101 cm³/mol. The lowest BCUT2D eigenvalue weighted by molar-refractivity contribution is -0.156. The van der Waals surface area contributed by atoms with Gasteiger partial charge in [0, 0.05) is 6.54 Å². The molecule has 28 heavy (non-hydrogen) atoms. The van der Waals surface area contributed by atoms with E-state index in [0.717, 1.165) is 5.56 Å². The molecule has 8 heteroatoms. The highest BCUT2D eigenvalue weighted by Crippen LogP contribution is 2.16. The molecule has 0 aliphatic heterocycles. The van der Waals surface area contributed by atoms with Crippen molar-refractivity contribution in [3.8, 4) is 11.5 Å². The zero-order chi connectivity index (χ0) is 20.4. The Kier molecular flexibility index (Phi) is 7.83. The van der Waals surface area contributed by atoms with E-state index >= 15 is 0 Å². The van der Waals surface area contributed by atoms with Crippen molar-refractivity contribution in [2.45, 2.75) is 19.6 Å². The number of amides is 3. The van der Waals surface area contributed by atoms with Crippen LogP contribution in [0.4, 0.5) is 4.79 Å². The SMILES string of the molecule is COc1ccc(OCC(=O)OC(C)C(=O)NC(=O)NCc2ccccc2)cc1. The molecule has 0 fully saturated rings. The van der Waals surface area contributed by atoms with Crippen molar-refractivity contribution in [3.63, 3.8) is 0 Å². The quantitative estimate of drug-likeness (QED) is 0.673. The van der Waals surface area contributed by atoms with Crippen LogP contribution in [0.1, 0.15) is 12.5 Å². The lowest BCUT2D eigenvalue weighted by Crippen LogP contribution is -2.44. The van der Waals surface area contributed by atoms with Crippen molar-refractivity contribution in [2.75, 3.05) is 13.7 Å². The van der Waals surface area contributed by atoms with E-state index < -0.39 is 24.0 Å². The molecule has 2 aromatic carbocycles. The molecule has 3 amide bonds. The van der Waals surface area contributed by atoms with Gasteiger partial charge in [-0.25, -0.2) is 9.59 Å². The monoisotopic (exact) mass is 386 g/mol. The molecule has 0 aliphatic rings. The van der Waals surface area contributed by atoms with Gasteiger partial charge in [-0.3, -0.25) is 10.1 Å². The molecular formula is C20H22N2O6. The largest absolute Gasteiger partial charge is 0.497 e. The molecule has 2 N–H and O–H groups in total. The molecule has 0 heterocycles. The van der Waals surface area contributed by atoms with E-state index in [0.29, 0.717) is 11.5 Å². The van der Waals surface area contributed by atoms with Crippen molar-refractivity contribution in [1.29, 1.82) is 0 Å². The molecule has 0 aliphatic carbocycles. The van der Waals surface area contributed by atoms with Crippen LogP contribution < -0.4 is 20.1 Å². The number of esters is 1. The van der Waals surface area contributed by atoms with Crippen molar-refractivity contribution < 1.29 is 28.6 Å². The van der Waals surface area contributed by atoms with Crippen LogP contribution in [-0.2, 0) is 20.9 Å². The molecule has 2 rings (SSSR count). The smallest absolute Gasteiger partial charge is 0.344 e. The highest BCUT2D eigenvalue weighted by Gasteiger charge is 2.20. The van der Waals surface area contributed by atoms with E-state index in [2.05, 4.69) is 10.6 Å². The first-order chi connectivity index (χ1) is 13.5. The Hall–Kier alpha value is -3.55. The van der Waals surface area contributed by atoms with E-state index in [4.69, 9.17) is 14.2 Å². The Morgan fingerprint density at radius 2 is 1.61 bits per heavy atom. The van der Waals surface area contributed by atoms with Crippen molar-refractivity contribution in [1.82, 2.24) is 10.6 Å². The minimum Gasteiger partial charge on any atom is -0.497 e. The number of imide groups is 1. The Labute approximate surface area is 162 Å². The van der Waals surface area contributed by atoms with Crippen molar-refractivity contribution in [3.05, 3.63) is 60.2 Å². The van der Waals surface area contributed by atoms with Gasteiger partial charge in [-0.2, -0.15) is 0 Å². The van der Waals surface area contributed by atoms with E-state index in [1.165, 1.54) is 6.92 Å². The number of hydrogen-bond donors (Lipinski definition) is 2. The predicted octanol–water partition coefficient (Wildman–Crippen LogP) is 2.03. The number of urea groups is 1. The van der Waals surface area contributed by atoms with E-state index in [-0.39, 0.29) is 13.2 Å². The summed E-state index contributed by atoms with van der Waals surface area (Å²) in [5, 5.41) is 4.67. The van der Waals surface area contributed by atoms with Gasteiger partial charge in [0.1, 0.15) is 11.5 Å². The van der Waals surface area contributed by atoms with Crippen molar-refractivity contribution in [2.24, 2.45) is 0 Å². The second kappa shape index (κ2) is 10.6. The van der Waals surface area contributed by atoms with Crippen LogP contribution >= 0.6 is 0 Å². The number of rotatable bonds is 8. The fourth-order valence-electron chi connectivity index (χ4n) is 2.13. The van der Waals surface area contributed by atoms with Gasteiger partial charge < -0.3 is 19.5 Å². The van der Waals surface area contributed by atoms with E-state index in [9.17, 15) is 14.4 Å². The first-order valence-corrected chi connectivity index (χ1v) is 8.57. The van der Waals surface area contributed by atoms with Crippen LogP contribution in [-0.4, -0.2) is 37.7 Å². The van der Waals surface area contributed by atoms with Gasteiger partial charge in [0.25, 0.3) is 5.91 Å². The summed E-state index contributed by atoms with van der Waals surface area (Å²) in [6, 6.07) is 15.2. The third-order valence-corrected chi connectivity index (χ3v) is 3.63. The van der Waals surface area contributed by atoms with Gasteiger partial charge in [0.15, 0.2) is 12.7 Å². The van der Waals surface area contributed by atoms with Gasteiger partial charge in [-0.05, 0) is 36.8 Å². The summed E-state index contributed by atoms with van der Waals surface area (Å²) in [6.07, 6.45) is -1.14. The molecule has 148 valence electrons. The normalized spacial score (nSPS) is 11.1. The lowest BCUT2D eigenvalue weighted by Gasteiger charge is -2.14. The summed E-state index contributed by atoms with van der Waals surface area (Å²) >= 11 is 0. The molecule has 0 saturated carbocycles. The maximum Gasteiger partial charge on any atom is 0.344 e. The highest BCUT2D eigenvalue weighted by molar-refractivity contribution is 5.97. The average Bonchev–Trinajstić information content (AvgIpc) is 2.71. The molecule has 1 atom stereocenters. The number of hydrogen-bond acceptors (Lipinski definition) is 6. The first kappa shape index (κ1) is 20.8. The van der Waals surface area contributed by atoms with Crippen LogP contribution in [0.3, 0.4) is 0 Å². The summed E-state index contributed by atoms with van der Waals surface area (Å²) in [5.74, 6) is -0.354. The van der Waals surface area contributed by atoms with Gasteiger partial charge in [0.2, 0.25) is 0 Å². The summed E-state index contributed by atoms with van der Waals surface area (Å²) in [6.45, 7) is 1.26. The minimum absolute atomic E-state index is 0.268. The summed E-state index contributed by atoms with van der Waals surface area (Å²) < 4.78 is 15.3. The fraction of sp³-hybridized carbons (Fsp3) is 0.250. The fourth-order valence-corrected chi connectivity index (χ4v) is 2.13. The van der Waals surface area contributed by atoms with Crippen molar-refractivity contribution >= 4 is 17.9 Å². The average molecular weight is 386 g/mol. The molecule has 0 spiro atoms. The molecule has 1 unspecified atom stereocenters. The second-order valence-corrected chi connectivity index (χ2v) is 5.75. The molecule has 0 bridgehead atoms. The number of carbonyl (C=O) groups is 3. The maximum absolute atomic E-state index is 11.9. The number of ether oxygens (including phenoxy) is 3. The van der Waals surface area contributed by atoms with Gasteiger partial charge >= 0.3 is 12.0 Å². The number of benzene rings is 2. The highest BCUT2D eigenvalue weighted by atomic mass is 16.6. The molecule has 0 radical (unpaired) electrons. The molecule has 0 aromatic heterocycles. The summed E-state index contributed by atoms with van der Waals surface area (Å²) in [5.41, 5.74) is 0.889. The topological polar surface area (TPSA) is 103 Å². The lowest BCUT2D eigenvalue weighted by atomic mass is 10.2. The van der Waals surface area contributed by atoms with Crippen LogP contribution in [0, 0.1) is 0 Å². The zero-order valence-corrected chi connectivity index (χ0v) is 15.6. The third-order valence-electron chi connectivity index (χ3n) is 3.63. The van der Waals surface area contributed by atoms with Gasteiger partial charge in [-0.15, -0.1) is 0 Å². The molecular weight excluding hydrogens is 364 g/mol. The Bertz CT molecular complexity index is 792. The molecule has 8 nitrogen and oxygen atoms in total. The number of carbonyl (C=O) groups excluding carboxylic acids is 3. The maximum atomic E-state index is 11.9. The zero-order valence-electron chi connectivity index (χ0n) is 15.6. The van der Waals surface area contributed by atoms with Crippen LogP contribution in [0.5, 0.6) is 11.5 Å². The Balaban J connectivity index is 1.69. The number of nitrogens with one attached hydrogen (secondary N) is 2. The summed E-state index contributed by atoms with van der Waals surface area (Å²) in [7, 11) is 1.54. The molecule has 2 aromatic rings. The van der Waals surface area contributed by atoms with E-state index in [1.54, 1.807) is 31.4 Å². The Morgan fingerprint density at radius 3 is 2.25 bits per heavy atom. The number of methoxy groups -OCH3 is 1. The van der Waals surface area contributed by atoms with Crippen LogP contribution in [0.25, 0.3) is 0 Å².